The first-order valence-corrected chi connectivity index (χ1v) is 12.4. The van der Waals surface area contributed by atoms with Crippen molar-refractivity contribution in [1.82, 2.24) is 0 Å². The van der Waals surface area contributed by atoms with Gasteiger partial charge in [0.2, 0.25) is 0 Å². The maximum Gasteiger partial charge on any atom is 0.338 e. The molecule has 0 spiro atoms. The van der Waals surface area contributed by atoms with Crippen molar-refractivity contribution >= 4 is 56.5 Å². The number of rotatable bonds is 7. The van der Waals surface area contributed by atoms with Gasteiger partial charge < -0.3 is 10.1 Å². The molecule has 0 radical (unpaired) electrons. The molecule has 0 saturated carbocycles. The molecule has 0 aliphatic rings. The number of ether oxygens (including phenoxy) is 1. The van der Waals surface area contributed by atoms with E-state index < -0.39 is 21.9 Å². The van der Waals surface area contributed by atoms with Crippen LogP contribution in [0.1, 0.15) is 38.8 Å². The van der Waals surface area contributed by atoms with E-state index in [1.807, 2.05) is 13.0 Å². The summed E-state index contributed by atoms with van der Waals surface area (Å²) in [4.78, 5) is 24.4. The summed E-state index contributed by atoms with van der Waals surface area (Å²) in [6.07, 6.45) is 0. The molecule has 7 nitrogen and oxygen atoms in total. The van der Waals surface area contributed by atoms with Crippen molar-refractivity contribution in [3.8, 4) is 0 Å². The summed E-state index contributed by atoms with van der Waals surface area (Å²) >= 11 is 12.4. The molecule has 0 aromatic heterocycles. The number of benzene rings is 3. The van der Waals surface area contributed by atoms with Gasteiger partial charge in [-0.1, -0.05) is 35.3 Å². The number of nitrogens with one attached hydrogen (secondary N) is 2. The Hall–Kier alpha value is -3.07. The molecule has 0 saturated heterocycles. The van der Waals surface area contributed by atoms with Crippen LogP contribution >= 0.6 is 23.2 Å². The summed E-state index contributed by atoms with van der Waals surface area (Å²) in [5.41, 5.74) is 2.65. The third kappa shape index (κ3) is 5.70. The molecule has 0 bridgehead atoms. The average Bonchev–Trinajstić information content (AvgIpc) is 2.78. The van der Waals surface area contributed by atoms with E-state index in [4.69, 9.17) is 27.9 Å². The van der Waals surface area contributed by atoms with Crippen LogP contribution < -0.4 is 10.0 Å². The largest absolute Gasteiger partial charge is 0.462 e. The molecule has 178 valence electrons. The summed E-state index contributed by atoms with van der Waals surface area (Å²) < 4.78 is 33.5. The van der Waals surface area contributed by atoms with Crippen molar-refractivity contribution in [2.24, 2.45) is 0 Å². The molecular weight excluding hydrogens is 499 g/mol. The van der Waals surface area contributed by atoms with Crippen LogP contribution in [0.2, 0.25) is 10.0 Å². The fraction of sp³-hybridized carbons (Fsp3) is 0.167. The quantitative estimate of drug-likeness (QED) is 0.381. The van der Waals surface area contributed by atoms with E-state index in [0.717, 1.165) is 11.1 Å². The van der Waals surface area contributed by atoms with E-state index in [1.54, 1.807) is 26.0 Å². The number of carbonyl (C=O) groups is 2. The molecule has 1 amide bonds. The lowest BCUT2D eigenvalue weighted by Gasteiger charge is -2.14. The summed E-state index contributed by atoms with van der Waals surface area (Å²) in [6.45, 7) is 5.58. The predicted octanol–water partition coefficient (Wildman–Crippen LogP) is 5.84. The van der Waals surface area contributed by atoms with Crippen LogP contribution in [0.15, 0.2) is 59.5 Å². The zero-order valence-electron chi connectivity index (χ0n) is 18.6. The molecule has 3 aromatic carbocycles. The van der Waals surface area contributed by atoms with Crippen LogP contribution in [0.25, 0.3) is 0 Å². The highest BCUT2D eigenvalue weighted by Gasteiger charge is 2.22. The van der Waals surface area contributed by atoms with Crippen molar-refractivity contribution in [3.05, 3.63) is 86.9 Å². The number of hydrogen-bond donors (Lipinski definition) is 2. The predicted molar refractivity (Wildman–Crippen MR) is 134 cm³/mol. The topological polar surface area (TPSA) is 102 Å². The van der Waals surface area contributed by atoms with Crippen LogP contribution in [0.3, 0.4) is 0 Å². The minimum atomic E-state index is -4.08. The molecule has 0 aliphatic carbocycles. The number of carbonyl (C=O) groups excluding carboxylic acids is 2. The Bertz CT molecular complexity index is 1370. The van der Waals surface area contributed by atoms with Gasteiger partial charge in [-0.05, 0) is 74.4 Å². The lowest BCUT2D eigenvalue weighted by molar-refractivity contribution is 0.0526. The number of esters is 1. The molecule has 3 aromatic rings. The highest BCUT2D eigenvalue weighted by atomic mass is 35.5. The third-order valence-electron chi connectivity index (χ3n) is 5.06. The van der Waals surface area contributed by atoms with Crippen LogP contribution in [-0.4, -0.2) is 26.9 Å². The molecule has 10 heteroatoms. The summed E-state index contributed by atoms with van der Waals surface area (Å²) in [5.74, 6) is -1.14. The molecule has 0 unspecified atom stereocenters. The minimum absolute atomic E-state index is 0.0359. The van der Waals surface area contributed by atoms with Gasteiger partial charge in [-0.2, -0.15) is 0 Å². The molecule has 0 atom stereocenters. The molecule has 3 rings (SSSR count). The first-order chi connectivity index (χ1) is 16.0. The Morgan fingerprint density at radius 3 is 2.29 bits per heavy atom. The van der Waals surface area contributed by atoms with Crippen LogP contribution in [0.5, 0.6) is 0 Å². The SMILES string of the molecule is CCOC(=O)c1ccc(NC(=O)c2ccc(Cl)c(S(=O)(=O)Nc3cccc(C)c3C)c2)c(Cl)c1. The van der Waals surface area contributed by atoms with Crippen molar-refractivity contribution in [3.63, 3.8) is 0 Å². The summed E-state index contributed by atoms with van der Waals surface area (Å²) in [6, 6.07) is 13.5. The Balaban J connectivity index is 1.86. The van der Waals surface area contributed by atoms with Crippen LogP contribution in [-0.2, 0) is 14.8 Å². The smallest absolute Gasteiger partial charge is 0.338 e. The van der Waals surface area contributed by atoms with Crippen LogP contribution in [0, 0.1) is 13.8 Å². The number of halogens is 2. The number of sulfonamides is 1. The zero-order valence-corrected chi connectivity index (χ0v) is 20.9. The van der Waals surface area contributed by atoms with Gasteiger partial charge in [0, 0.05) is 5.56 Å². The van der Waals surface area contributed by atoms with E-state index in [-0.39, 0.29) is 38.4 Å². The van der Waals surface area contributed by atoms with Gasteiger partial charge in [0.15, 0.2) is 0 Å². The van der Waals surface area contributed by atoms with Gasteiger partial charge in [0.05, 0.1) is 33.6 Å². The minimum Gasteiger partial charge on any atom is -0.462 e. The number of amides is 1. The fourth-order valence-corrected chi connectivity index (χ4v) is 4.94. The zero-order chi connectivity index (χ0) is 25.0. The van der Waals surface area contributed by atoms with E-state index >= 15 is 0 Å². The molecule has 0 heterocycles. The second-order valence-electron chi connectivity index (χ2n) is 7.37. The van der Waals surface area contributed by atoms with Gasteiger partial charge >= 0.3 is 5.97 Å². The molecule has 2 N–H and O–H groups in total. The van der Waals surface area contributed by atoms with Gasteiger partial charge in [-0.3, -0.25) is 9.52 Å². The monoisotopic (exact) mass is 520 g/mol. The Kier molecular flexibility index (Phi) is 7.86. The van der Waals surface area contributed by atoms with E-state index in [1.165, 1.54) is 36.4 Å². The summed E-state index contributed by atoms with van der Waals surface area (Å²) in [7, 11) is -4.08. The first kappa shape index (κ1) is 25.6. The third-order valence-corrected chi connectivity index (χ3v) is 7.22. The van der Waals surface area contributed by atoms with Crippen molar-refractivity contribution in [1.29, 1.82) is 0 Å². The summed E-state index contributed by atoms with van der Waals surface area (Å²) in [5, 5.41) is 2.69. The molecule has 0 fully saturated rings. The van der Waals surface area contributed by atoms with Crippen molar-refractivity contribution < 1.29 is 22.7 Å². The van der Waals surface area contributed by atoms with Gasteiger partial charge in [0.1, 0.15) is 4.90 Å². The number of hydrogen-bond acceptors (Lipinski definition) is 5. The van der Waals surface area contributed by atoms with Crippen LogP contribution in [0.4, 0.5) is 11.4 Å². The van der Waals surface area contributed by atoms with Gasteiger partial charge in [-0.15, -0.1) is 0 Å². The Morgan fingerprint density at radius 1 is 0.912 bits per heavy atom. The van der Waals surface area contributed by atoms with Gasteiger partial charge in [0.25, 0.3) is 15.9 Å². The first-order valence-electron chi connectivity index (χ1n) is 10.2. The number of aryl methyl sites for hydroxylation is 1. The van der Waals surface area contributed by atoms with Crippen molar-refractivity contribution in [2.45, 2.75) is 25.7 Å². The maximum atomic E-state index is 13.0. The molecule has 0 aliphatic heterocycles. The highest BCUT2D eigenvalue weighted by molar-refractivity contribution is 7.92. The van der Waals surface area contributed by atoms with Gasteiger partial charge in [-0.25, -0.2) is 13.2 Å². The van der Waals surface area contributed by atoms with E-state index in [2.05, 4.69) is 10.0 Å². The lowest BCUT2D eigenvalue weighted by Crippen LogP contribution is -2.17. The molecule has 34 heavy (non-hydrogen) atoms. The second-order valence-corrected chi connectivity index (χ2v) is 9.83. The Labute approximate surface area is 208 Å². The lowest BCUT2D eigenvalue weighted by atomic mass is 10.1. The van der Waals surface area contributed by atoms with E-state index in [0.29, 0.717) is 5.69 Å². The fourth-order valence-electron chi connectivity index (χ4n) is 3.06. The average molecular weight is 521 g/mol. The highest BCUT2D eigenvalue weighted by Crippen LogP contribution is 2.28. The standard InChI is InChI=1S/C24H22Cl2N2O5S/c1-4-33-24(30)17-9-11-21(19(26)12-17)27-23(29)16-8-10-18(25)22(13-16)34(31,32)28-20-7-5-6-14(2)15(20)3/h5-13,28H,4H2,1-3H3,(H,27,29). The second kappa shape index (κ2) is 10.5. The van der Waals surface area contributed by atoms with Crippen molar-refractivity contribution in [2.75, 3.05) is 16.6 Å². The normalized spacial score (nSPS) is 11.1. The Morgan fingerprint density at radius 2 is 1.62 bits per heavy atom. The van der Waals surface area contributed by atoms with E-state index in [9.17, 15) is 18.0 Å². The number of anilines is 2. The maximum absolute atomic E-state index is 13.0. The molecular formula is C24H22Cl2N2O5S.